The highest BCUT2D eigenvalue weighted by Gasteiger charge is 2.39. The summed E-state index contributed by atoms with van der Waals surface area (Å²) in [6.07, 6.45) is 7.19. The maximum absolute atomic E-state index is 13.3. The lowest BCUT2D eigenvalue weighted by molar-refractivity contribution is -0.147. The SMILES string of the molecule is COCCN(Cc1cccs1)C(=O)[C@H]1CCCN1C(=O)C1CCCCC1. The Bertz CT molecular complexity index is 584. The zero-order valence-electron chi connectivity index (χ0n) is 15.7. The smallest absolute Gasteiger partial charge is 0.245 e. The first-order chi connectivity index (χ1) is 12.7. The van der Waals surface area contributed by atoms with E-state index in [2.05, 4.69) is 6.07 Å². The molecule has 0 aromatic carbocycles. The fraction of sp³-hybridized carbons (Fsp3) is 0.700. The van der Waals surface area contributed by atoms with Gasteiger partial charge in [-0.1, -0.05) is 25.3 Å². The molecule has 0 N–H and O–H groups in total. The highest BCUT2D eigenvalue weighted by molar-refractivity contribution is 7.09. The summed E-state index contributed by atoms with van der Waals surface area (Å²) in [5.74, 6) is 0.419. The monoisotopic (exact) mass is 378 g/mol. The molecule has 0 bridgehead atoms. The molecule has 0 unspecified atom stereocenters. The maximum Gasteiger partial charge on any atom is 0.245 e. The number of rotatable bonds is 7. The van der Waals surface area contributed by atoms with Gasteiger partial charge in [-0.3, -0.25) is 9.59 Å². The van der Waals surface area contributed by atoms with Crippen molar-refractivity contribution in [3.63, 3.8) is 0 Å². The van der Waals surface area contributed by atoms with E-state index in [4.69, 9.17) is 4.74 Å². The molecule has 1 atom stereocenters. The Morgan fingerprint density at radius 2 is 2.04 bits per heavy atom. The van der Waals surface area contributed by atoms with E-state index < -0.39 is 0 Å². The van der Waals surface area contributed by atoms with E-state index in [9.17, 15) is 9.59 Å². The third-order valence-electron chi connectivity index (χ3n) is 5.58. The van der Waals surface area contributed by atoms with E-state index in [0.29, 0.717) is 19.7 Å². The molecule has 0 spiro atoms. The van der Waals surface area contributed by atoms with Gasteiger partial charge in [-0.2, -0.15) is 0 Å². The van der Waals surface area contributed by atoms with Gasteiger partial charge < -0.3 is 14.5 Å². The van der Waals surface area contributed by atoms with Gasteiger partial charge >= 0.3 is 0 Å². The Hall–Kier alpha value is -1.40. The molecule has 5 nitrogen and oxygen atoms in total. The van der Waals surface area contributed by atoms with Gasteiger partial charge in [0.05, 0.1) is 13.2 Å². The molecule has 3 rings (SSSR count). The average Bonchev–Trinajstić information content (AvgIpc) is 3.36. The number of hydrogen-bond acceptors (Lipinski definition) is 4. The zero-order valence-corrected chi connectivity index (χ0v) is 16.5. The fourth-order valence-electron chi connectivity index (χ4n) is 4.14. The summed E-state index contributed by atoms with van der Waals surface area (Å²) in [6.45, 7) is 2.40. The first-order valence-corrected chi connectivity index (χ1v) is 10.7. The molecular formula is C20H30N2O3S. The average molecular weight is 379 g/mol. The first-order valence-electron chi connectivity index (χ1n) is 9.81. The van der Waals surface area contributed by atoms with Crippen LogP contribution < -0.4 is 0 Å². The largest absolute Gasteiger partial charge is 0.383 e. The van der Waals surface area contributed by atoms with Crippen LogP contribution in [0.15, 0.2) is 17.5 Å². The molecule has 1 aliphatic carbocycles. The summed E-state index contributed by atoms with van der Waals surface area (Å²) in [5.41, 5.74) is 0. The number of ether oxygens (including phenoxy) is 1. The van der Waals surface area contributed by atoms with Gasteiger partial charge in [-0.15, -0.1) is 11.3 Å². The third-order valence-corrected chi connectivity index (χ3v) is 6.44. The lowest BCUT2D eigenvalue weighted by Crippen LogP contribution is -2.50. The first kappa shape index (κ1) is 19.4. The second-order valence-corrected chi connectivity index (χ2v) is 8.39. The molecule has 1 saturated carbocycles. The predicted molar refractivity (Wildman–Crippen MR) is 103 cm³/mol. The predicted octanol–water partition coefficient (Wildman–Crippen LogP) is 3.29. The quantitative estimate of drug-likeness (QED) is 0.731. The van der Waals surface area contributed by atoms with Crippen LogP contribution in [-0.4, -0.2) is 54.5 Å². The number of hydrogen-bond donors (Lipinski definition) is 0. The second kappa shape index (κ2) is 9.51. The summed E-state index contributed by atoms with van der Waals surface area (Å²) < 4.78 is 5.20. The van der Waals surface area contributed by atoms with Crippen molar-refractivity contribution >= 4 is 23.2 Å². The number of carbonyl (C=O) groups is 2. The van der Waals surface area contributed by atoms with Crippen molar-refractivity contribution in [2.45, 2.75) is 57.5 Å². The van der Waals surface area contributed by atoms with Crippen LogP contribution in [-0.2, 0) is 20.9 Å². The van der Waals surface area contributed by atoms with Gasteiger partial charge in [0.15, 0.2) is 0 Å². The number of methoxy groups -OCH3 is 1. The minimum Gasteiger partial charge on any atom is -0.383 e. The Morgan fingerprint density at radius 1 is 1.23 bits per heavy atom. The summed E-state index contributed by atoms with van der Waals surface area (Å²) >= 11 is 1.66. The van der Waals surface area contributed by atoms with Crippen LogP contribution in [0, 0.1) is 5.92 Å². The molecular weight excluding hydrogens is 348 g/mol. The van der Waals surface area contributed by atoms with Crippen molar-refractivity contribution in [2.75, 3.05) is 26.8 Å². The van der Waals surface area contributed by atoms with Gasteiger partial charge in [0.1, 0.15) is 6.04 Å². The van der Waals surface area contributed by atoms with E-state index in [0.717, 1.165) is 49.9 Å². The Labute approximate surface area is 160 Å². The highest BCUT2D eigenvalue weighted by atomic mass is 32.1. The summed E-state index contributed by atoms with van der Waals surface area (Å²) in [7, 11) is 1.66. The molecule has 1 aliphatic heterocycles. The van der Waals surface area contributed by atoms with Crippen LogP contribution in [0.25, 0.3) is 0 Å². The van der Waals surface area contributed by atoms with Gasteiger partial charge in [0.25, 0.3) is 0 Å². The second-order valence-electron chi connectivity index (χ2n) is 7.36. The Kier molecular flexibility index (Phi) is 7.08. The van der Waals surface area contributed by atoms with Crippen molar-refractivity contribution in [1.29, 1.82) is 0 Å². The van der Waals surface area contributed by atoms with Crippen molar-refractivity contribution in [3.05, 3.63) is 22.4 Å². The molecule has 1 aromatic rings. The van der Waals surface area contributed by atoms with Crippen molar-refractivity contribution in [2.24, 2.45) is 5.92 Å². The van der Waals surface area contributed by atoms with Gasteiger partial charge in [-0.25, -0.2) is 0 Å². The van der Waals surface area contributed by atoms with Crippen molar-refractivity contribution < 1.29 is 14.3 Å². The zero-order chi connectivity index (χ0) is 18.4. The lowest BCUT2D eigenvalue weighted by atomic mass is 9.88. The third kappa shape index (κ3) is 4.65. The summed E-state index contributed by atoms with van der Waals surface area (Å²) in [5, 5.41) is 2.03. The van der Waals surface area contributed by atoms with E-state index in [-0.39, 0.29) is 23.8 Å². The lowest BCUT2D eigenvalue weighted by Gasteiger charge is -2.33. The van der Waals surface area contributed by atoms with Crippen molar-refractivity contribution in [1.82, 2.24) is 9.80 Å². The van der Waals surface area contributed by atoms with Crippen LogP contribution >= 0.6 is 11.3 Å². The number of amides is 2. The molecule has 26 heavy (non-hydrogen) atoms. The topological polar surface area (TPSA) is 49.9 Å². The van der Waals surface area contributed by atoms with Crippen LogP contribution in [0.4, 0.5) is 0 Å². The molecule has 2 amide bonds. The maximum atomic E-state index is 13.3. The Balaban J connectivity index is 1.68. The highest BCUT2D eigenvalue weighted by Crippen LogP contribution is 2.29. The van der Waals surface area contributed by atoms with Crippen molar-refractivity contribution in [3.8, 4) is 0 Å². The Morgan fingerprint density at radius 3 is 2.73 bits per heavy atom. The molecule has 1 aromatic heterocycles. The summed E-state index contributed by atoms with van der Waals surface area (Å²) in [6, 6.07) is 3.77. The van der Waals surface area contributed by atoms with E-state index in [1.54, 1.807) is 18.4 Å². The van der Waals surface area contributed by atoms with E-state index in [1.807, 2.05) is 21.2 Å². The van der Waals surface area contributed by atoms with Gasteiger partial charge in [-0.05, 0) is 37.1 Å². The minimum absolute atomic E-state index is 0.0807. The van der Waals surface area contributed by atoms with E-state index >= 15 is 0 Å². The normalized spacial score (nSPS) is 21.1. The number of thiophene rings is 1. The molecule has 2 aliphatic rings. The molecule has 1 saturated heterocycles. The van der Waals surface area contributed by atoms with Crippen LogP contribution in [0.1, 0.15) is 49.8 Å². The van der Waals surface area contributed by atoms with Gasteiger partial charge in [0.2, 0.25) is 11.8 Å². The number of likely N-dealkylation sites (tertiary alicyclic amines) is 1. The van der Waals surface area contributed by atoms with Crippen LogP contribution in [0.2, 0.25) is 0 Å². The summed E-state index contributed by atoms with van der Waals surface area (Å²) in [4.78, 5) is 31.2. The minimum atomic E-state index is -0.291. The molecule has 144 valence electrons. The number of nitrogens with zero attached hydrogens (tertiary/aromatic N) is 2. The molecule has 0 radical (unpaired) electrons. The molecule has 6 heteroatoms. The van der Waals surface area contributed by atoms with Crippen LogP contribution in [0.3, 0.4) is 0 Å². The van der Waals surface area contributed by atoms with Crippen LogP contribution in [0.5, 0.6) is 0 Å². The van der Waals surface area contributed by atoms with E-state index in [1.165, 1.54) is 6.42 Å². The standard InChI is InChI=1S/C20H30N2O3S/c1-25-13-12-21(15-17-9-6-14-26-17)20(24)18-10-5-11-22(18)19(23)16-7-3-2-4-8-16/h6,9,14,16,18H,2-5,7-8,10-13,15H2,1H3/t18-/m1/s1. The molecule has 2 fully saturated rings. The van der Waals surface area contributed by atoms with Gasteiger partial charge in [0, 0.05) is 31.0 Å². The fourth-order valence-corrected chi connectivity index (χ4v) is 4.86. The molecule has 2 heterocycles. The number of carbonyl (C=O) groups excluding carboxylic acids is 2.